The van der Waals surface area contributed by atoms with Crippen molar-refractivity contribution in [3.05, 3.63) is 41.6 Å². The highest BCUT2D eigenvalue weighted by molar-refractivity contribution is 6.15. The number of amides is 3. The number of hydrogen-bond acceptors (Lipinski definition) is 3. The second-order valence-electron chi connectivity index (χ2n) is 3.68. The Labute approximate surface area is 103 Å². The predicted octanol–water partition coefficient (Wildman–Crippen LogP) is 0.664. The van der Waals surface area contributed by atoms with E-state index in [0.29, 0.717) is 4.90 Å². The smallest absolute Gasteiger partial charge is 0.329 e. The summed E-state index contributed by atoms with van der Waals surface area (Å²) in [6, 6.07) is 8.24. The molecular formula is C12H10N2O4. The number of nitrogens with one attached hydrogen (secondary N) is 1. The first-order chi connectivity index (χ1) is 8.58. The van der Waals surface area contributed by atoms with Crippen LogP contribution >= 0.6 is 0 Å². The monoisotopic (exact) mass is 246 g/mol. The van der Waals surface area contributed by atoms with Crippen LogP contribution in [0.25, 0.3) is 6.08 Å². The molecule has 1 aliphatic heterocycles. The van der Waals surface area contributed by atoms with E-state index in [1.165, 1.54) is 6.08 Å². The predicted molar refractivity (Wildman–Crippen MR) is 62.3 cm³/mol. The number of aliphatic carboxylic acids is 1. The quantitative estimate of drug-likeness (QED) is 0.606. The van der Waals surface area contributed by atoms with Crippen molar-refractivity contribution >= 4 is 24.0 Å². The Morgan fingerprint density at radius 1 is 1.28 bits per heavy atom. The highest BCUT2D eigenvalue weighted by Gasteiger charge is 2.34. The van der Waals surface area contributed by atoms with Gasteiger partial charge in [0.05, 0.1) is 0 Å². The Balaban J connectivity index is 2.23. The number of carbonyl (C=O) groups excluding carboxylic acids is 2. The first-order valence-corrected chi connectivity index (χ1v) is 5.19. The molecule has 1 aromatic rings. The van der Waals surface area contributed by atoms with Crippen LogP contribution in [0.4, 0.5) is 4.79 Å². The SMILES string of the molecule is O=C(O)CN1C(=O)N/C(=C/c2ccccc2)C1=O. The van der Waals surface area contributed by atoms with Crippen molar-refractivity contribution in [3.8, 4) is 0 Å². The van der Waals surface area contributed by atoms with E-state index in [-0.39, 0.29) is 5.70 Å². The molecule has 6 nitrogen and oxygen atoms in total. The molecule has 6 heteroatoms. The van der Waals surface area contributed by atoms with Gasteiger partial charge in [0.25, 0.3) is 5.91 Å². The summed E-state index contributed by atoms with van der Waals surface area (Å²) in [4.78, 5) is 34.3. The lowest BCUT2D eigenvalue weighted by molar-refractivity contribution is -0.140. The largest absolute Gasteiger partial charge is 0.480 e. The maximum Gasteiger partial charge on any atom is 0.329 e. The first-order valence-electron chi connectivity index (χ1n) is 5.19. The summed E-state index contributed by atoms with van der Waals surface area (Å²) in [7, 11) is 0. The molecule has 0 atom stereocenters. The van der Waals surface area contributed by atoms with Crippen molar-refractivity contribution in [3.63, 3.8) is 0 Å². The number of imide groups is 1. The standard InChI is InChI=1S/C12H10N2O4/c15-10(16)7-14-11(17)9(13-12(14)18)6-8-4-2-1-3-5-8/h1-6H,7H2,(H,13,18)(H,15,16)/b9-6+. The van der Waals surface area contributed by atoms with Crippen molar-refractivity contribution in [2.24, 2.45) is 0 Å². The molecule has 0 radical (unpaired) electrons. The highest BCUT2D eigenvalue weighted by Crippen LogP contribution is 2.13. The summed E-state index contributed by atoms with van der Waals surface area (Å²) in [5.41, 5.74) is 0.825. The number of rotatable bonds is 3. The van der Waals surface area contributed by atoms with Gasteiger partial charge in [-0.1, -0.05) is 30.3 Å². The summed E-state index contributed by atoms with van der Waals surface area (Å²) >= 11 is 0. The average molecular weight is 246 g/mol. The van der Waals surface area contributed by atoms with Gasteiger partial charge in [0, 0.05) is 0 Å². The van der Waals surface area contributed by atoms with Crippen molar-refractivity contribution in [1.29, 1.82) is 0 Å². The topological polar surface area (TPSA) is 86.7 Å². The van der Waals surface area contributed by atoms with E-state index in [1.54, 1.807) is 24.3 Å². The van der Waals surface area contributed by atoms with Crippen LogP contribution in [0, 0.1) is 0 Å². The van der Waals surface area contributed by atoms with E-state index in [1.807, 2.05) is 6.07 Å². The normalized spacial score (nSPS) is 17.1. The second-order valence-corrected chi connectivity index (χ2v) is 3.68. The maximum atomic E-state index is 11.8. The molecule has 0 aromatic heterocycles. The van der Waals surface area contributed by atoms with Gasteiger partial charge in [-0.3, -0.25) is 9.59 Å². The lowest BCUT2D eigenvalue weighted by atomic mass is 10.2. The van der Waals surface area contributed by atoms with Gasteiger partial charge in [0.15, 0.2) is 0 Å². The molecule has 2 rings (SSSR count). The zero-order valence-corrected chi connectivity index (χ0v) is 9.29. The fourth-order valence-electron chi connectivity index (χ4n) is 1.57. The molecule has 92 valence electrons. The van der Waals surface area contributed by atoms with Crippen LogP contribution in [0.5, 0.6) is 0 Å². The molecule has 1 heterocycles. The summed E-state index contributed by atoms with van der Waals surface area (Å²) in [6.07, 6.45) is 1.50. The van der Waals surface area contributed by atoms with Crippen LogP contribution in [0.3, 0.4) is 0 Å². The van der Waals surface area contributed by atoms with Gasteiger partial charge in [0.1, 0.15) is 12.2 Å². The van der Waals surface area contributed by atoms with Crippen LogP contribution in [0.2, 0.25) is 0 Å². The van der Waals surface area contributed by atoms with E-state index in [9.17, 15) is 14.4 Å². The van der Waals surface area contributed by atoms with Crippen LogP contribution in [0.15, 0.2) is 36.0 Å². The Kier molecular flexibility index (Phi) is 3.09. The Bertz CT molecular complexity index is 536. The van der Waals surface area contributed by atoms with E-state index < -0.39 is 24.5 Å². The highest BCUT2D eigenvalue weighted by atomic mass is 16.4. The average Bonchev–Trinajstić information content (AvgIpc) is 2.58. The lowest BCUT2D eigenvalue weighted by Crippen LogP contribution is -2.35. The van der Waals surface area contributed by atoms with Gasteiger partial charge < -0.3 is 10.4 Å². The van der Waals surface area contributed by atoms with Gasteiger partial charge in [-0.05, 0) is 11.6 Å². The third-order valence-electron chi connectivity index (χ3n) is 2.37. The minimum atomic E-state index is -1.24. The molecule has 1 fully saturated rings. The Morgan fingerprint density at radius 2 is 1.94 bits per heavy atom. The molecule has 1 aliphatic rings. The molecule has 3 amide bonds. The molecular weight excluding hydrogens is 236 g/mol. The molecule has 1 saturated heterocycles. The summed E-state index contributed by atoms with van der Waals surface area (Å²) < 4.78 is 0. The van der Waals surface area contributed by atoms with Crippen LogP contribution in [0.1, 0.15) is 5.56 Å². The number of carbonyl (C=O) groups is 3. The van der Waals surface area contributed by atoms with E-state index in [0.717, 1.165) is 5.56 Å². The third kappa shape index (κ3) is 2.37. The van der Waals surface area contributed by atoms with E-state index in [2.05, 4.69) is 5.32 Å². The number of benzene rings is 1. The van der Waals surface area contributed by atoms with Gasteiger partial charge in [-0.25, -0.2) is 9.69 Å². The fourth-order valence-corrected chi connectivity index (χ4v) is 1.57. The third-order valence-corrected chi connectivity index (χ3v) is 2.37. The molecule has 1 aromatic carbocycles. The minimum absolute atomic E-state index is 0.0763. The van der Waals surface area contributed by atoms with Crippen molar-refractivity contribution in [2.45, 2.75) is 0 Å². The maximum absolute atomic E-state index is 11.8. The van der Waals surface area contributed by atoms with Crippen LogP contribution in [-0.4, -0.2) is 34.5 Å². The van der Waals surface area contributed by atoms with Crippen LogP contribution in [-0.2, 0) is 9.59 Å². The Morgan fingerprint density at radius 3 is 2.56 bits per heavy atom. The number of carboxylic acids is 1. The van der Waals surface area contributed by atoms with Gasteiger partial charge in [-0.2, -0.15) is 0 Å². The minimum Gasteiger partial charge on any atom is -0.480 e. The molecule has 0 spiro atoms. The molecule has 0 aliphatic carbocycles. The van der Waals surface area contributed by atoms with Crippen molar-refractivity contribution < 1.29 is 19.5 Å². The summed E-state index contributed by atoms with van der Waals surface area (Å²) in [5.74, 6) is -1.87. The molecule has 2 N–H and O–H groups in total. The molecule has 0 bridgehead atoms. The second kappa shape index (κ2) is 4.70. The van der Waals surface area contributed by atoms with Gasteiger partial charge in [0.2, 0.25) is 0 Å². The molecule has 18 heavy (non-hydrogen) atoms. The first kappa shape index (κ1) is 11.8. The van der Waals surface area contributed by atoms with Crippen molar-refractivity contribution in [2.75, 3.05) is 6.54 Å². The number of hydrogen-bond donors (Lipinski definition) is 2. The molecule has 0 saturated carbocycles. The lowest BCUT2D eigenvalue weighted by Gasteiger charge is -2.06. The van der Waals surface area contributed by atoms with Gasteiger partial charge >= 0.3 is 12.0 Å². The zero-order valence-electron chi connectivity index (χ0n) is 9.29. The zero-order chi connectivity index (χ0) is 13.1. The van der Waals surface area contributed by atoms with Crippen LogP contribution < -0.4 is 5.32 Å². The molecule has 0 unspecified atom stereocenters. The summed E-state index contributed by atoms with van der Waals surface area (Å²) in [6.45, 7) is -0.642. The number of carboxylic acid groups (broad SMARTS) is 1. The number of urea groups is 1. The summed E-state index contributed by atoms with van der Waals surface area (Å²) in [5, 5.41) is 10.9. The Hall–Kier alpha value is -2.63. The number of nitrogens with zero attached hydrogens (tertiary/aromatic N) is 1. The van der Waals surface area contributed by atoms with E-state index in [4.69, 9.17) is 5.11 Å². The van der Waals surface area contributed by atoms with Crippen molar-refractivity contribution in [1.82, 2.24) is 10.2 Å². The fraction of sp³-hybridized carbons (Fsp3) is 0.0833. The van der Waals surface area contributed by atoms with Gasteiger partial charge in [-0.15, -0.1) is 0 Å². The van der Waals surface area contributed by atoms with E-state index >= 15 is 0 Å².